The molecule has 1 heterocycles. The summed E-state index contributed by atoms with van der Waals surface area (Å²) in [4.78, 5) is 12.3. The van der Waals surface area contributed by atoms with Crippen molar-refractivity contribution >= 4 is 5.91 Å². The van der Waals surface area contributed by atoms with Crippen molar-refractivity contribution in [1.29, 1.82) is 0 Å². The van der Waals surface area contributed by atoms with Crippen LogP contribution in [0.5, 0.6) is 0 Å². The second kappa shape index (κ2) is 7.17. The number of ether oxygens (including phenoxy) is 2. The van der Waals surface area contributed by atoms with Gasteiger partial charge in [0.05, 0.1) is 11.5 Å². The molecule has 1 N–H and O–H groups in total. The molecule has 0 unspecified atom stereocenters. The zero-order chi connectivity index (χ0) is 16.2. The molecule has 1 aliphatic carbocycles. The van der Waals surface area contributed by atoms with E-state index >= 15 is 0 Å². The molecule has 2 rings (SSSR count). The van der Waals surface area contributed by atoms with E-state index < -0.39 is 29.5 Å². The first kappa shape index (κ1) is 17.5. The van der Waals surface area contributed by atoms with Gasteiger partial charge >= 0.3 is 6.18 Å². The molecule has 0 aromatic carbocycles. The standard InChI is InChI=1S/C15H24F3NO3/c1-21-14(6-8-22-9-7-14)10-19-13(20)11-4-2-3-5-12(11)15(16,17)18/h11-12H,2-10H2,1H3,(H,19,20)/t11-,12+/m0/s1. The number of carbonyl (C=O) groups excluding carboxylic acids is 1. The average molecular weight is 323 g/mol. The predicted octanol–water partition coefficient (Wildman–Crippen LogP) is 2.67. The number of alkyl halides is 3. The average Bonchev–Trinajstić information content (AvgIpc) is 2.53. The summed E-state index contributed by atoms with van der Waals surface area (Å²) in [6.07, 6.45) is -1.47. The normalized spacial score (nSPS) is 29.1. The molecular formula is C15H24F3NO3. The maximum Gasteiger partial charge on any atom is 0.392 e. The molecule has 2 aliphatic rings. The lowest BCUT2D eigenvalue weighted by Gasteiger charge is -2.37. The lowest BCUT2D eigenvalue weighted by Crippen LogP contribution is -2.51. The molecule has 2 atom stereocenters. The molecule has 1 saturated carbocycles. The summed E-state index contributed by atoms with van der Waals surface area (Å²) >= 11 is 0. The molecule has 2 fully saturated rings. The van der Waals surface area contributed by atoms with Crippen LogP contribution in [0.2, 0.25) is 0 Å². The molecule has 128 valence electrons. The fourth-order valence-electron chi connectivity index (χ4n) is 3.41. The van der Waals surface area contributed by atoms with Crippen molar-refractivity contribution in [2.45, 2.75) is 50.3 Å². The van der Waals surface area contributed by atoms with Gasteiger partial charge in [0.15, 0.2) is 0 Å². The quantitative estimate of drug-likeness (QED) is 0.865. The zero-order valence-electron chi connectivity index (χ0n) is 12.9. The SMILES string of the molecule is COC1(CNC(=O)[C@H]2CCCC[C@H]2C(F)(F)F)CCOCC1. The Hall–Kier alpha value is -0.820. The van der Waals surface area contributed by atoms with E-state index in [1.807, 2.05) is 0 Å². The van der Waals surface area contributed by atoms with Gasteiger partial charge in [0, 0.05) is 45.6 Å². The Balaban J connectivity index is 1.95. The summed E-state index contributed by atoms with van der Waals surface area (Å²) < 4.78 is 50.0. The Morgan fingerprint density at radius 1 is 1.27 bits per heavy atom. The van der Waals surface area contributed by atoms with Crippen LogP contribution in [-0.4, -0.2) is 44.6 Å². The molecule has 1 aliphatic heterocycles. The van der Waals surface area contributed by atoms with E-state index in [0.717, 1.165) is 0 Å². The second-order valence-electron chi connectivity index (χ2n) is 6.26. The van der Waals surface area contributed by atoms with Crippen LogP contribution >= 0.6 is 0 Å². The highest BCUT2D eigenvalue weighted by molar-refractivity contribution is 5.79. The van der Waals surface area contributed by atoms with E-state index in [-0.39, 0.29) is 13.0 Å². The van der Waals surface area contributed by atoms with Crippen molar-refractivity contribution in [3.05, 3.63) is 0 Å². The smallest absolute Gasteiger partial charge is 0.381 e. The number of rotatable bonds is 4. The van der Waals surface area contributed by atoms with Crippen LogP contribution in [0.1, 0.15) is 38.5 Å². The lowest BCUT2D eigenvalue weighted by atomic mass is 9.78. The van der Waals surface area contributed by atoms with Gasteiger partial charge in [-0.25, -0.2) is 0 Å². The molecule has 1 saturated heterocycles. The number of methoxy groups -OCH3 is 1. The molecule has 7 heteroatoms. The Morgan fingerprint density at radius 3 is 2.50 bits per heavy atom. The van der Waals surface area contributed by atoms with Crippen molar-refractivity contribution in [3.8, 4) is 0 Å². The minimum atomic E-state index is -4.31. The highest BCUT2D eigenvalue weighted by Crippen LogP contribution is 2.41. The van der Waals surface area contributed by atoms with Gasteiger partial charge in [0.25, 0.3) is 0 Å². The highest BCUT2D eigenvalue weighted by Gasteiger charge is 2.48. The number of amides is 1. The van der Waals surface area contributed by atoms with E-state index in [9.17, 15) is 18.0 Å². The third-order valence-corrected chi connectivity index (χ3v) is 4.94. The number of halogens is 3. The molecule has 4 nitrogen and oxygen atoms in total. The lowest BCUT2D eigenvalue weighted by molar-refractivity contribution is -0.198. The maximum atomic E-state index is 13.1. The maximum absolute atomic E-state index is 13.1. The molecule has 0 radical (unpaired) electrons. The number of hydrogen-bond acceptors (Lipinski definition) is 3. The van der Waals surface area contributed by atoms with Gasteiger partial charge in [-0.15, -0.1) is 0 Å². The first-order chi connectivity index (χ1) is 10.4. The van der Waals surface area contributed by atoms with Gasteiger partial charge in [-0.3, -0.25) is 4.79 Å². The largest absolute Gasteiger partial charge is 0.392 e. The van der Waals surface area contributed by atoms with E-state index in [1.165, 1.54) is 0 Å². The van der Waals surface area contributed by atoms with Gasteiger partial charge in [-0.1, -0.05) is 12.8 Å². The van der Waals surface area contributed by atoms with Crippen LogP contribution < -0.4 is 5.32 Å². The molecule has 0 spiro atoms. The summed E-state index contributed by atoms with van der Waals surface area (Å²) in [5, 5.41) is 2.70. The van der Waals surface area contributed by atoms with Crippen molar-refractivity contribution in [3.63, 3.8) is 0 Å². The minimum Gasteiger partial charge on any atom is -0.381 e. The molecule has 0 bridgehead atoms. The molecule has 0 aromatic rings. The van der Waals surface area contributed by atoms with Crippen LogP contribution in [0.15, 0.2) is 0 Å². The van der Waals surface area contributed by atoms with Gasteiger partial charge in [-0.05, 0) is 12.8 Å². The minimum absolute atomic E-state index is 0.0465. The fraction of sp³-hybridized carbons (Fsp3) is 0.933. The van der Waals surface area contributed by atoms with Crippen LogP contribution in [0, 0.1) is 11.8 Å². The number of carbonyl (C=O) groups is 1. The second-order valence-corrected chi connectivity index (χ2v) is 6.26. The molecule has 0 aromatic heterocycles. The highest BCUT2D eigenvalue weighted by atomic mass is 19.4. The van der Waals surface area contributed by atoms with E-state index in [2.05, 4.69) is 5.32 Å². The first-order valence-corrected chi connectivity index (χ1v) is 7.85. The van der Waals surface area contributed by atoms with Crippen molar-refractivity contribution in [1.82, 2.24) is 5.32 Å². The Kier molecular flexibility index (Phi) is 5.71. The van der Waals surface area contributed by atoms with Crippen LogP contribution in [-0.2, 0) is 14.3 Å². The van der Waals surface area contributed by atoms with Crippen molar-refractivity contribution in [2.24, 2.45) is 11.8 Å². The van der Waals surface area contributed by atoms with Crippen LogP contribution in [0.4, 0.5) is 13.2 Å². The summed E-state index contributed by atoms with van der Waals surface area (Å²) in [5.41, 5.74) is -0.518. The Bertz CT molecular complexity index is 381. The summed E-state index contributed by atoms with van der Waals surface area (Å²) in [6, 6.07) is 0. The topological polar surface area (TPSA) is 47.6 Å². The summed E-state index contributed by atoms with van der Waals surface area (Å²) in [6.45, 7) is 1.32. The van der Waals surface area contributed by atoms with Gasteiger partial charge in [0.2, 0.25) is 5.91 Å². The summed E-state index contributed by atoms with van der Waals surface area (Å²) in [7, 11) is 1.57. The van der Waals surface area contributed by atoms with Gasteiger partial charge in [-0.2, -0.15) is 13.2 Å². The predicted molar refractivity (Wildman–Crippen MR) is 74.3 cm³/mol. The van der Waals surface area contributed by atoms with Gasteiger partial charge < -0.3 is 14.8 Å². The fourth-order valence-corrected chi connectivity index (χ4v) is 3.41. The van der Waals surface area contributed by atoms with Crippen LogP contribution in [0.3, 0.4) is 0 Å². The Labute approximate surface area is 128 Å². The van der Waals surface area contributed by atoms with E-state index in [0.29, 0.717) is 45.3 Å². The van der Waals surface area contributed by atoms with Crippen molar-refractivity contribution in [2.75, 3.05) is 26.9 Å². The zero-order valence-corrected chi connectivity index (χ0v) is 12.9. The number of nitrogens with one attached hydrogen (secondary N) is 1. The van der Waals surface area contributed by atoms with E-state index in [1.54, 1.807) is 7.11 Å². The third kappa shape index (κ3) is 4.13. The van der Waals surface area contributed by atoms with E-state index in [4.69, 9.17) is 9.47 Å². The molecule has 22 heavy (non-hydrogen) atoms. The number of hydrogen-bond donors (Lipinski definition) is 1. The monoisotopic (exact) mass is 323 g/mol. The first-order valence-electron chi connectivity index (χ1n) is 7.85. The Morgan fingerprint density at radius 2 is 1.91 bits per heavy atom. The van der Waals surface area contributed by atoms with Crippen molar-refractivity contribution < 1.29 is 27.4 Å². The molecule has 1 amide bonds. The molecular weight excluding hydrogens is 299 g/mol. The summed E-state index contributed by atoms with van der Waals surface area (Å²) in [5.74, 6) is -2.98. The van der Waals surface area contributed by atoms with Crippen LogP contribution in [0.25, 0.3) is 0 Å². The van der Waals surface area contributed by atoms with Gasteiger partial charge in [0.1, 0.15) is 0 Å². The third-order valence-electron chi connectivity index (χ3n) is 4.94.